The number of rotatable bonds is 5. The average Bonchev–Trinajstić information content (AvgIpc) is 2.88. The number of nitrogens with one attached hydrogen (secondary N) is 1. The molecule has 114 valence electrons. The second-order valence-electron chi connectivity index (χ2n) is 6.47. The summed E-state index contributed by atoms with van der Waals surface area (Å²) < 4.78 is 5.84. The first-order valence-electron chi connectivity index (χ1n) is 7.76. The van der Waals surface area contributed by atoms with Crippen molar-refractivity contribution >= 4 is 11.3 Å². The number of aromatic nitrogens is 1. The smallest absolute Gasteiger partial charge is 0.116 e. The predicted molar refractivity (Wildman–Crippen MR) is 85.4 cm³/mol. The topological polar surface area (TPSA) is 34.1 Å². The molecule has 1 aliphatic carbocycles. The SMILES string of the molecule is COC1CCCCC1(NC(C)C)c1nc(C(C)C)cs1. The lowest BCUT2D eigenvalue weighted by Crippen LogP contribution is -2.56. The molecule has 1 saturated carbocycles. The Kier molecular flexibility index (Phi) is 5.21. The van der Waals surface area contributed by atoms with Gasteiger partial charge in [0.1, 0.15) is 5.01 Å². The number of hydrogen-bond acceptors (Lipinski definition) is 4. The summed E-state index contributed by atoms with van der Waals surface area (Å²) in [5, 5.41) is 7.21. The van der Waals surface area contributed by atoms with Gasteiger partial charge in [-0.2, -0.15) is 0 Å². The van der Waals surface area contributed by atoms with E-state index < -0.39 is 0 Å². The van der Waals surface area contributed by atoms with Crippen LogP contribution in [0.25, 0.3) is 0 Å². The largest absolute Gasteiger partial charge is 0.379 e. The van der Waals surface area contributed by atoms with Crippen molar-refractivity contribution in [1.29, 1.82) is 0 Å². The van der Waals surface area contributed by atoms with E-state index in [0.29, 0.717) is 12.0 Å². The molecule has 0 radical (unpaired) electrons. The summed E-state index contributed by atoms with van der Waals surface area (Å²) in [4.78, 5) is 4.93. The Hall–Kier alpha value is -0.450. The zero-order valence-electron chi connectivity index (χ0n) is 13.4. The Labute approximate surface area is 127 Å². The molecule has 0 bridgehead atoms. The van der Waals surface area contributed by atoms with Crippen molar-refractivity contribution in [1.82, 2.24) is 10.3 Å². The highest BCUT2D eigenvalue weighted by atomic mass is 32.1. The van der Waals surface area contributed by atoms with Crippen molar-refractivity contribution in [2.75, 3.05) is 7.11 Å². The minimum atomic E-state index is -0.0982. The highest BCUT2D eigenvalue weighted by Gasteiger charge is 2.45. The minimum Gasteiger partial charge on any atom is -0.379 e. The van der Waals surface area contributed by atoms with Crippen LogP contribution in [0, 0.1) is 0 Å². The van der Waals surface area contributed by atoms with Crippen molar-refractivity contribution in [3.8, 4) is 0 Å². The summed E-state index contributed by atoms with van der Waals surface area (Å²) in [6.45, 7) is 8.83. The van der Waals surface area contributed by atoms with Crippen LogP contribution >= 0.6 is 11.3 Å². The van der Waals surface area contributed by atoms with Gasteiger partial charge in [0.05, 0.1) is 17.3 Å². The van der Waals surface area contributed by atoms with Crippen LogP contribution in [0.2, 0.25) is 0 Å². The number of hydrogen-bond donors (Lipinski definition) is 1. The van der Waals surface area contributed by atoms with Gasteiger partial charge in [0, 0.05) is 18.5 Å². The van der Waals surface area contributed by atoms with Crippen molar-refractivity contribution in [2.45, 2.75) is 77.0 Å². The fourth-order valence-electron chi connectivity index (χ4n) is 3.20. The second kappa shape index (κ2) is 6.54. The van der Waals surface area contributed by atoms with Gasteiger partial charge in [-0.1, -0.05) is 26.7 Å². The molecule has 2 atom stereocenters. The molecule has 1 heterocycles. The Balaban J connectivity index is 2.38. The zero-order valence-corrected chi connectivity index (χ0v) is 14.2. The molecule has 1 aliphatic rings. The number of methoxy groups -OCH3 is 1. The lowest BCUT2D eigenvalue weighted by Gasteiger charge is -2.44. The molecule has 0 spiro atoms. The maximum Gasteiger partial charge on any atom is 0.116 e. The molecule has 0 aliphatic heterocycles. The molecule has 1 aromatic rings. The van der Waals surface area contributed by atoms with Crippen molar-refractivity contribution in [3.63, 3.8) is 0 Å². The van der Waals surface area contributed by atoms with Crippen LogP contribution in [0.1, 0.15) is 70.0 Å². The standard InChI is InChI=1S/C16H28N2OS/c1-11(2)13-10-20-15(17-13)16(18-12(3)4)9-7-6-8-14(16)19-5/h10-12,14,18H,6-9H2,1-5H3. The van der Waals surface area contributed by atoms with Gasteiger partial charge in [-0.25, -0.2) is 4.98 Å². The molecule has 20 heavy (non-hydrogen) atoms. The number of ether oxygens (including phenoxy) is 1. The summed E-state index contributed by atoms with van der Waals surface area (Å²) in [6, 6.07) is 0.428. The van der Waals surface area contributed by atoms with Gasteiger partial charge in [-0.05, 0) is 32.6 Å². The van der Waals surface area contributed by atoms with E-state index in [1.54, 1.807) is 11.3 Å². The summed E-state index contributed by atoms with van der Waals surface area (Å²) in [6.07, 6.45) is 4.96. The Bertz CT molecular complexity index is 430. The molecule has 0 amide bonds. The lowest BCUT2D eigenvalue weighted by molar-refractivity contribution is -0.0194. The normalized spacial score (nSPS) is 27.4. The summed E-state index contributed by atoms with van der Waals surface area (Å²) >= 11 is 1.79. The fraction of sp³-hybridized carbons (Fsp3) is 0.812. The van der Waals surface area contributed by atoms with Crippen LogP contribution in [-0.2, 0) is 10.3 Å². The van der Waals surface area contributed by atoms with Crippen LogP contribution in [0.15, 0.2) is 5.38 Å². The second-order valence-corrected chi connectivity index (χ2v) is 7.33. The van der Waals surface area contributed by atoms with E-state index in [1.165, 1.54) is 23.5 Å². The molecular formula is C16H28N2OS. The number of thiazole rings is 1. The van der Waals surface area contributed by atoms with Gasteiger partial charge in [0.2, 0.25) is 0 Å². The lowest BCUT2D eigenvalue weighted by atomic mass is 9.78. The number of nitrogens with zero attached hydrogens (tertiary/aromatic N) is 1. The van der Waals surface area contributed by atoms with Gasteiger partial charge in [0.25, 0.3) is 0 Å². The maximum absolute atomic E-state index is 5.84. The third-order valence-electron chi connectivity index (χ3n) is 4.16. The molecule has 0 aromatic carbocycles. The molecular weight excluding hydrogens is 268 g/mol. The zero-order chi connectivity index (χ0) is 14.8. The van der Waals surface area contributed by atoms with E-state index in [2.05, 4.69) is 38.4 Å². The third-order valence-corrected chi connectivity index (χ3v) is 5.20. The fourth-order valence-corrected chi connectivity index (χ4v) is 4.42. The molecule has 1 fully saturated rings. The Morgan fingerprint density at radius 2 is 2.10 bits per heavy atom. The molecule has 2 rings (SSSR count). The van der Waals surface area contributed by atoms with E-state index in [9.17, 15) is 0 Å². The minimum absolute atomic E-state index is 0.0982. The van der Waals surface area contributed by atoms with E-state index in [-0.39, 0.29) is 11.6 Å². The highest BCUT2D eigenvalue weighted by Crippen LogP contribution is 2.41. The quantitative estimate of drug-likeness (QED) is 0.890. The van der Waals surface area contributed by atoms with Gasteiger partial charge in [0.15, 0.2) is 0 Å². The summed E-state index contributed by atoms with van der Waals surface area (Å²) in [5.41, 5.74) is 1.11. The van der Waals surface area contributed by atoms with Gasteiger partial charge >= 0.3 is 0 Å². The van der Waals surface area contributed by atoms with Crippen molar-refractivity contribution in [2.24, 2.45) is 0 Å². The van der Waals surface area contributed by atoms with Gasteiger partial charge in [-0.15, -0.1) is 11.3 Å². The van der Waals surface area contributed by atoms with Crippen LogP contribution < -0.4 is 5.32 Å². The van der Waals surface area contributed by atoms with Crippen LogP contribution in [0.5, 0.6) is 0 Å². The molecule has 0 saturated heterocycles. The monoisotopic (exact) mass is 296 g/mol. The van der Waals surface area contributed by atoms with Crippen molar-refractivity contribution < 1.29 is 4.74 Å². The molecule has 1 aromatic heterocycles. The van der Waals surface area contributed by atoms with E-state index >= 15 is 0 Å². The van der Waals surface area contributed by atoms with Gasteiger partial charge < -0.3 is 10.1 Å². The maximum atomic E-state index is 5.84. The van der Waals surface area contributed by atoms with Crippen molar-refractivity contribution in [3.05, 3.63) is 16.1 Å². The highest BCUT2D eigenvalue weighted by molar-refractivity contribution is 7.09. The van der Waals surface area contributed by atoms with Crippen LogP contribution in [0.3, 0.4) is 0 Å². The first-order chi connectivity index (χ1) is 9.49. The van der Waals surface area contributed by atoms with E-state index in [0.717, 1.165) is 12.8 Å². The third kappa shape index (κ3) is 3.07. The first-order valence-corrected chi connectivity index (χ1v) is 8.64. The molecule has 3 nitrogen and oxygen atoms in total. The summed E-state index contributed by atoms with van der Waals surface area (Å²) in [7, 11) is 1.84. The van der Waals surface area contributed by atoms with Gasteiger partial charge in [-0.3, -0.25) is 0 Å². The van der Waals surface area contributed by atoms with E-state index in [4.69, 9.17) is 9.72 Å². The molecule has 2 unspecified atom stereocenters. The summed E-state index contributed by atoms with van der Waals surface area (Å²) in [5.74, 6) is 0.487. The first kappa shape index (κ1) is 15.9. The molecule has 4 heteroatoms. The average molecular weight is 296 g/mol. The molecule has 1 N–H and O–H groups in total. The predicted octanol–water partition coefficient (Wildman–Crippen LogP) is 4.05. The van der Waals surface area contributed by atoms with E-state index in [1.807, 2.05) is 7.11 Å². The van der Waals surface area contributed by atoms with Crippen LogP contribution in [-0.4, -0.2) is 24.2 Å². The Morgan fingerprint density at radius 1 is 1.35 bits per heavy atom. The van der Waals surface area contributed by atoms with Crippen LogP contribution in [0.4, 0.5) is 0 Å². The Morgan fingerprint density at radius 3 is 2.65 bits per heavy atom.